The second-order valence-corrected chi connectivity index (χ2v) is 6.02. The van der Waals surface area contributed by atoms with Crippen molar-refractivity contribution >= 4 is 5.91 Å². The van der Waals surface area contributed by atoms with Gasteiger partial charge in [0.15, 0.2) is 0 Å². The highest BCUT2D eigenvalue weighted by molar-refractivity contribution is 5.80. The highest BCUT2D eigenvalue weighted by Crippen LogP contribution is 2.30. The molecule has 0 radical (unpaired) electrons. The maximum Gasteiger partial charge on any atom is 0.249 e. The minimum absolute atomic E-state index is 0.0355. The Labute approximate surface area is 136 Å². The van der Waals surface area contributed by atoms with Crippen LogP contribution in [0.2, 0.25) is 0 Å². The Morgan fingerprint density at radius 2 is 2.22 bits per heavy atom. The van der Waals surface area contributed by atoms with E-state index in [1.165, 1.54) is 11.3 Å². The average Bonchev–Trinajstić information content (AvgIpc) is 2.99. The van der Waals surface area contributed by atoms with Crippen molar-refractivity contribution in [2.24, 2.45) is 0 Å². The molecule has 1 amide bonds. The molecule has 1 aliphatic rings. The number of carbonyl (C=O) groups is 1. The van der Waals surface area contributed by atoms with Crippen LogP contribution in [0.25, 0.3) is 0 Å². The van der Waals surface area contributed by atoms with E-state index in [1.54, 1.807) is 14.0 Å². The van der Waals surface area contributed by atoms with Gasteiger partial charge in [-0.2, -0.15) is 5.10 Å². The molecule has 1 N–H and O–H groups in total. The van der Waals surface area contributed by atoms with Crippen LogP contribution >= 0.6 is 0 Å². The Morgan fingerprint density at radius 1 is 1.43 bits per heavy atom. The van der Waals surface area contributed by atoms with E-state index in [9.17, 15) is 4.79 Å². The number of nitrogens with one attached hydrogen (secondary N) is 1. The molecule has 0 fully saturated rings. The molecule has 1 aromatic carbocycles. The van der Waals surface area contributed by atoms with Crippen molar-refractivity contribution in [3.8, 4) is 0 Å². The molecular formula is C18H23N3O2. The van der Waals surface area contributed by atoms with Crippen LogP contribution in [0, 0.1) is 0 Å². The number of fused-ring (bicyclic) bond motifs is 1. The van der Waals surface area contributed by atoms with Gasteiger partial charge >= 0.3 is 0 Å². The molecule has 1 heterocycles. The van der Waals surface area contributed by atoms with Gasteiger partial charge in [-0.25, -0.2) is 0 Å². The Morgan fingerprint density at radius 3 is 2.96 bits per heavy atom. The Kier molecular flexibility index (Phi) is 4.76. The van der Waals surface area contributed by atoms with Gasteiger partial charge in [-0.05, 0) is 31.7 Å². The molecule has 1 aliphatic carbocycles. The number of nitrogens with zero attached hydrogens (tertiary/aromatic N) is 2. The van der Waals surface area contributed by atoms with Crippen LogP contribution < -0.4 is 5.32 Å². The SMILES string of the molecule is CO[C@H](C)C(=O)N[C@@H]1CCCc2c1cnn2Cc1ccccc1. The molecule has 1 aromatic heterocycles. The first-order valence-corrected chi connectivity index (χ1v) is 8.10. The summed E-state index contributed by atoms with van der Waals surface area (Å²) in [5, 5.41) is 7.64. The molecule has 0 bridgehead atoms. The third kappa shape index (κ3) is 3.45. The van der Waals surface area contributed by atoms with E-state index in [1.807, 2.05) is 24.4 Å². The number of ether oxygens (including phenoxy) is 1. The lowest BCUT2D eigenvalue weighted by atomic mass is 9.92. The van der Waals surface area contributed by atoms with Crippen molar-refractivity contribution in [2.45, 2.75) is 44.9 Å². The predicted octanol–water partition coefficient (Wildman–Crippen LogP) is 2.46. The van der Waals surface area contributed by atoms with Gasteiger partial charge in [-0.1, -0.05) is 30.3 Å². The first-order chi connectivity index (χ1) is 11.2. The minimum atomic E-state index is -0.431. The predicted molar refractivity (Wildman–Crippen MR) is 88.1 cm³/mol. The normalized spacial score (nSPS) is 18.3. The van der Waals surface area contributed by atoms with E-state index < -0.39 is 6.10 Å². The van der Waals surface area contributed by atoms with Gasteiger partial charge in [0, 0.05) is 18.4 Å². The minimum Gasteiger partial charge on any atom is -0.372 e. The zero-order valence-electron chi connectivity index (χ0n) is 13.7. The highest BCUT2D eigenvalue weighted by atomic mass is 16.5. The van der Waals surface area contributed by atoms with Gasteiger partial charge in [-0.3, -0.25) is 9.48 Å². The van der Waals surface area contributed by atoms with Crippen molar-refractivity contribution < 1.29 is 9.53 Å². The molecule has 2 atom stereocenters. The molecule has 122 valence electrons. The van der Waals surface area contributed by atoms with Gasteiger partial charge in [0.05, 0.1) is 18.8 Å². The van der Waals surface area contributed by atoms with Gasteiger partial charge in [0.2, 0.25) is 5.91 Å². The van der Waals surface area contributed by atoms with Crippen molar-refractivity contribution in [1.82, 2.24) is 15.1 Å². The standard InChI is InChI=1S/C18H23N3O2/c1-13(23-2)18(22)20-16-9-6-10-17-15(16)11-19-21(17)12-14-7-4-3-5-8-14/h3-5,7-8,11,13,16H,6,9-10,12H2,1-2H3,(H,20,22)/t13-,16-/m1/s1. The maximum absolute atomic E-state index is 12.1. The smallest absolute Gasteiger partial charge is 0.249 e. The van der Waals surface area contributed by atoms with Crippen molar-refractivity contribution in [1.29, 1.82) is 0 Å². The topological polar surface area (TPSA) is 56.1 Å². The fourth-order valence-corrected chi connectivity index (χ4v) is 3.06. The third-order valence-electron chi connectivity index (χ3n) is 4.48. The van der Waals surface area contributed by atoms with Crippen LogP contribution in [0.1, 0.15) is 42.6 Å². The zero-order chi connectivity index (χ0) is 16.2. The van der Waals surface area contributed by atoms with E-state index in [4.69, 9.17) is 4.74 Å². The van der Waals surface area contributed by atoms with Gasteiger partial charge in [0.25, 0.3) is 0 Å². The van der Waals surface area contributed by atoms with Crippen molar-refractivity contribution in [3.05, 3.63) is 53.3 Å². The van der Waals surface area contributed by atoms with Crippen LogP contribution in [0.5, 0.6) is 0 Å². The summed E-state index contributed by atoms with van der Waals surface area (Å²) in [5.74, 6) is -0.0684. The molecule has 0 unspecified atom stereocenters. The lowest BCUT2D eigenvalue weighted by Crippen LogP contribution is -2.37. The first-order valence-electron chi connectivity index (χ1n) is 8.10. The van der Waals surface area contributed by atoms with Crippen LogP contribution in [0.3, 0.4) is 0 Å². The lowest BCUT2D eigenvalue weighted by Gasteiger charge is -2.25. The van der Waals surface area contributed by atoms with E-state index >= 15 is 0 Å². The van der Waals surface area contributed by atoms with E-state index in [0.29, 0.717) is 0 Å². The summed E-state index contributed by atoms with van der Waals surface area (Å²) in [7, 11) is 1.55. The molecule has 0 spiro atoms. The molecule has 3 rings (SSSR count). The number of hydrogen-bond acceptors (Lipinski definition) is 3. The number of hydrogen-bond donors (Lipinski definition) is 1. The Balaban J connectivity index is 1.77. The molecule has 5 nitrogen and oxygen atoms in total. The number of amides is 1. The van der Waals surface area contributed by atoms with Crippen molar-refractivity contribution in [3.63, 3.8) is 0 Å². The maximum atomic E-state index is 12.1. The quantitative estimate of drug-likeness (QED) is 0.922. The third-order valence-corrected chi connectivity index (χ3v) is 4.48. The average molecular weight is 313 g/mol. The number of carbonyl (C=O) groups excluding carboxylic acids is 1. The molecular weight excluding hydrogens is 290 g/mol. The summed E-state index contributed by atoms with van der Waals surface area (Å²) in [6.07, 6.45) is 4.49. The van der Waals surface area contributed by atoms with Crippen LogP contribution in [-0.4, -0.2) is 28.9 Å². The largest absolute Gasteiger partial charge is 0.372 e. The summed E-state index contributed by atoms with van der Waals surface area (Å²) >= 11 is 0. The zero-order valence-corrected chi connectivity index (χ0v) is 13.7. The lowest BCUT2D eigenvalue weighted by molar-refractivity contribution is -0.130. The number of benzene rings is 1. The molecule has 2 aromatic rings. The number of aromatic nitrogens is 2. The van der Waals surface area contributed by atoms with Crippen LogP contribution in [0.15, 0.2) is 36.5 Å². The summed E-state index contributed by atoms with van der Waals surface area (Å²) in [4.78, 5) is 12.1. The Bertz CT molecular complexity index is 666. The van der Waals surface area contributed by atoms with Gasteiger partial charge < -0.3 is 10.1 Å². The fraction of sp³-hybridized carbons (Fsp3) is 0.444. The Hall–Kier alpha value is -2.14. The van der Waals surface area contributed by atoms with E-state index in [-0.39, 0.29) is 11.9 Å². The molecule has 0 saturated carbocycles. The fourth-order valence-electron chi connectivity index (χ4n) is 3.06. The first kappa shape index (κ1) is 15.7. The van der Waals surface area contributed by atoms with Crippen LogP contribution in [0.4, 0.5) is 0 Å². The van der Waals surface area contributed by atoms with Crippen molar-refractivity contribution in [2.75, 3.05) is 7.11 Å². The number of methoxy groups -OCH3 is 1. The second kappa shape index (κ2) is 6.96. The van der Waals surface area contributed by atoms with Gasteiger partial charge in [0.1, 0.15) is 6.10 Å². The van der Waals surface area contributed by atoms with Gasteiger partial charge in [-0.15, -0.1) is 0 Å². The molecule has 0 saturated heterocycles. The number of rotatable bonds is 5. The van der Waals surface area contributed by atoms with E-state index in [2.05, 4.69) is 27.2 Å². The summed E-state index contributed by atoms with van der Waals surface area (Å²) < 4.78 is 7.15. The molecule has 23 heavy (non-hydrogen) atoms. The second-order valence-electron chi connectivity index (χ2n) is 6.02. The summed E-state index contributed by atoms with van der Waals surface area (Å²) in [6, 6.07) is 10.4. The molecule has 0 aliphatic heterocycles. The monoisotopic (exact) mass is 313 g/mol. The highest BCUT2D eigenvalue weighted by Gasteiger charge is 2.26. The van der Waals surface area contributed by atoms with Crippen LogP contribution in [-0.2, 0) is 22.5 Å². The molecule has 5 heteroatoms. The summed E-state index contributed by atoms with van der Waals surface area (Å²) in [5.41, 5.74) is 3.61. The summed E-state index contributed by atoms with van der Waals surface area (Å²) in [6.45, 7) is 2.53. The van der Waals surface area contributed by atoms with E-state index in [0.717, 1.165) is 31.4 Å².